The molecule has 3 aromatic rings. The van der Waals surface area contributed by atoms with E-state index in [1.165, 1.54) is 10.5 Å². The molecule has 4 rings (SSSR count). The molecule has 2 unspecified atom stereocenters. The Kier molecular flexibility index (Phi) is 5.72. The van der Waals surface area contributed by atoms with Crippen LogP contribution in [-0.4, -0.2) is 24.2 Å². The number of benzene rings is 3. The third-order valence-corrected chi connectivity index (χ3v) is 5.37. The third kappa shape index (κ3) is 3.89. The average Bonchev–Trinajstić information content (AvgIpc) is 3.03. The number of methoxy groups -OCH3 is 1. The topological polar surface area (TPSA) is 59.0 Å². The Morgan fingerprint density at radius 2 is 1.73 bits per heavy atom. The fraction of sp³-hybridized carbons (Fsp3) is 0.240. The van der Waals surface area contributed by atoms with Crippen molar-refractivity contribution in [3.8, 4) is 11.5 Å². The lowest BCUT2D eigenvalue weighted by molar-refractivity contribution is 0.0935. The van der Waals surface area contributed by atoms with Gasteiger partial charge in [0.1, 0.15) is 0 Å². The van der Waals surface area contributed by atoms with Crippen molar-refractivity contribution < 1.29 is 19.4 Å². The van der Waals surface area contributed by atoms with Gasteiger partial charge in [-0.05, 0) is 43.5 Å². The van der Waals surface area contributed by atoms with E-state index in [0.717, 1.165) is 12.8 Å². The summed E-state index contributed by atoms with van der Waals surface area (Å²) in [6.07, 6.45) is 0.674. The predicted molar refractivity (Wildman–Crippen MR) is 116 cm³/mol. The first kappa shape index (κ1) is 20.0. The molecular formula is C25H25NO4. The summed E-state index contributed by atoms with van der Waals surface area (Å²) in [5, 5.41) is 10.7. The number of hydrogen-bond acceptors (Lipinski definition) is 4. The van der Waals surface area contributed by atoms with E-state index in [4.69, 9.17) is 9.47 Å². The minimum absolute atomic E-state index is 0.0502. The Labute approximate surface area is 176 Å². The first-order chi connectivity index (χ1) is 14.6. The van der Waals surface area contributed by atoms with Crippen molar-refractivity contribution in [1.82, 2.24) is 0 Å². The van der Waals surface area contributed by atoms with Gasteiger partial charge in [-0.15, -0.1) is 0 Å². The Morgan fingerprint density at radius 1 is 1.00 bits per heavy atom. The van der Waals surface area contributed by atoms with Crippen molar-refractivity contribution in [2.75, 3.05) is 12.0 Å². The van der Waals surface area contributed by atoms with Crippen LogP contribution < -0.4 is 14.4 Å². The van der Waals surface area contributed by atoms with Crippen LogP contribution in [-0.2, 0) is 6.42 Å². The molecule has 1 aliphatic rings. The van der Waals surface area contributed by atoms with E-state index in [-0.39, 0.29) is 12.0 Å². The summed E-state index contributed by atoms with van der Waals surface area (Å²) in [4.78, 5) is 14.2. The Bertz CT molecular complexity index is 1030. The Hall–Kier alpha value is -3.31. The summed E-state index contributed by atoms with van der Waals surface area (Å²) in [6, 6.07) is 22.7. The second-order valence-electron chi connectivity index (χ2n) is 7.42. The van der Waals surface area contributed by atoms with Crippen LogP contribution in [0.25, 0.3) is 0 Å². The summed E-state index contributed by atoms with van der Waals surface area (Å²) in [7, 11) is 1.59. The van der Waals surface area contributed by atoms with E-state index in [1.807, 2.05) is 31.2 Å². The van der Waals surface area contributed by atoms with Gasteiger partial charge in [0.2, 0.25) is 0 Å². The molecule has 0 bridgehead atoms. The zero-order chi connectivity index (χ0) is 21.1. The summed E-state index contributed by atoms with van der Waals surface area (Å²) < 4.78 is 11.6. The summed E-state index contributed by atoms with van der Waals surface area (Å²) in [6.45, 7) is 2.01. The van der Waals surface area contributed by atoms with Crippen molar-refractivity contribution in [3.63, 3.8) is 0 Å². The lowest BCUT2D eigenvalue weighted by Crippen LogP contribution is -2.27. The van der Waals surface area contributed by atoms with Crippen LogP contribution >= 0.6 is 0 Å². The number of aliphatic hydroxyl groups is 1. The van der Waals surface area contributed by atoms with Crippen LogP contribution in [0, 0.1) is 0 Å². The summed E-state index contributed by atoms with van der Waals surface area (Å²) >= 11 is 0. The van der Waals surface area contributed by atoms with Gasteiger partial charge >= 0.3 is 0 Å². The number of rotatable bonds is 7. The monoisotopic (exact) mass is 403 g/mol. The molecule has 0 aliphatic carbocycles. The molecule has 1 heterocycles. The van der Waals surface area contributed by atoms with Crippen LogP contribution in [0.15, 0.2) is 72.8 Å². The number of aliphatic hydroxyl groups excluding tert-OH is 1. The highest BCUT2D eigenvalue weighted by Crippen LogP contribution is 2.39. The lowest BCUT2D eigenvalue weighted by Gasteiger charge is -2.23. The second kappa shape index (κ2) is 8.59. The first-order valence-electron chi connectivity index (χ1n) is 10.1. The number of fused-ring (bicyclic) bond motifs is 1. The molecule has 1 amide bonds. The van der Waals surface area contributed by atoms with Crippen molar-refractivity contribution in [1.29, 1.82) is 0 Å². The molecule has 0 aromatic heterocycles. The summed E-state index contributed by atoms with van der Waals surface area (Å²) in [5.74, 6) is 0.904. The number of ether oxygens (including phenoxy) is 2. The molecule has 3 aromatic carbocycles. The zero-order valence-electron chi connectivity index (χ0n) is 17.1. The maximum absolute atomic E-state index is 12.8. The SMILES string of the molecule is COc1ccc(N2C(=O)c3ccccc3C2O)cc1OC(C)CCc1ccccc1. The maximum Gasteiger partial charge on any atom is 0.261 e. The van der Waals surface area contributed by atoms with Gasteiger partial charge in [0.05, 0.1) is 18.9 Å². The predicted octanol–water partition coefficient (Wildman–Crippen LogP) is 4.75. The van der Waals surface area contributed by atoms with Crippen LogP contribution in [0.4, 0.5) is 5.69 Å². The highest BCUT2D eigenvalue weighted by atomic mass is 16.5. The smallest absolute Gasteiger partial charge is 0.261 e. The number of hydrogen-bond donors (Lipinski definition) is 1. The van der Waals surface area contributed by atoms with Gasteiger partial charge < -0.3 is 14.6 Å². The van der Waals surface area contributed by atoms with E-state index in [2.05, 4.69) is 12.1 Å². The highest BCUT2D eigenvalue weighted by Gasteiger charge is 2.36. The van der Waals surface area contributed by atoms with Crippen LogP contribution in [0.3, 0.4) is 0 Å². The van der Waals surface area contributed by atoms with Crippen LogP contribution in [0.2, 0.25) is 0 Å². The molecule has 154 valence electrons. The number of nitrogens with zero attached hydrogens (tertiary/aromatic N) is 1. The van der Waals surface area contributed by atoms with E-state index < -0.39 is 6.23 Å². The van der Waals surface area contributed by atoms with Crippen molar-refractivity contribution in [3.05, 3.63) is 89.5 Å². The van der Waals surface area contributed by atoms with Gasteiger partial charge in [-0.3, -0.25) is 9.69 Å². The molecule has 0 fully saturated rings. The quantitative estimate of drug-likeness (QED) is 0.619. The van der Waals surface area contributed by atoms with Gasteiger partial charge in [0.25, 0.3) is 5.91 Å². The first-order valence-corrected chi connectivity index (χ1v) is 10.1. The molecule has 0 saturated carbocycles. The van der Waals surface area contributed by atoms with Crippen LogP contribution in [0.5, 0.6) is 11.5 Å². The Balaban J connectivity index is 1.53. The molecular weight excluding hydrogens is 378 g/mol. The minimum Gasteiger partial charge on any atom is -0.493 e. The minimum atomic E-state index is -1.02. The van der Waals surface area contributed by atoms with Crippen molar-refractivity contribution >= 4 is 11.6 Å². The van der Waals surface area contributed by atoms with Gasteiger partial charge in [0.15, 0.2) is 17.7 Å². The molecule has 0 spiro atoms. The molecule has 5 nitrogen and oxygen atoms in total. The highest BCUT2D eigenvalue weighted by molar-refractivity contribution is 6.10. The van der Waals surface area contributed by atoms with Crippen molar-refractivity contribution in [2.45, 2.75) is 32.1 Å². The number of carbonyl (C=O) groups is 1. The molecule has 0 radical (unpaired) electrons. The molecule has 1 N–H and O–H groups in total. The largest absolute Gasteiger partial charge is 0.493 e. The fourth-order valence-corrected chi connectivity index (χ4v) is 3.75. The number of amides is 1. The Morgan fingerprint density at radius 3 is 2.47 bits per heavy atom. The van der Waals surface area contributed by atoms with Crippen molar-refractivity contribution in [2.24, 2.45) is 0 Å². The molecule has 2 atom stereocenters. The van der Waals surface area contributed by atoms with Crippen LogP contribution in [0.1, 0.15) is 41.1 Å². The van der Waals surface area contributed by atoms with Gasteiger partial charge in [0, 0.05) is 17.2 Å². The second-order valence-corrected chi connectivity index (χ2v) is 7.42. The molecule has 0 saturated heterocycles. The van der Waals surface area contributed by atoms with Gasteiger partial charge in [-0.1, -0.05) is 48.5 Å². The third-order valence-electron chi connectivity index (χ3n) is 5.37. The normalized spacial score (nSPS) is 16.3. The summed E-state index contributed by atoms with van der Waals surface area (Å²) in [5.41, 5.74) is 2.95. The van der Waals surface area contributed by atoms with E-state index >= 15 is 0 Å². The molecule has 5 heteroatoms. The van der Waals surface area contributed by atoms with E-state index in [9.17, 15) is 9.90 Å². The number of aryl methyl sites for hydroxylation is 1. The maximum atomic E-state index is 12.8. The zero-order valence-corrected chi connectivity index (χ0v) is 17.1. The standard InChI is InChI=1S/C25H25NO4/c1-17(12-13-18-8-4-3-5-9-18)30-23-16-19(14-15-22(23)29-2)26-24(27)20-10-6-7-11-21(20)25(26)28/h3-11,14-17,24,27H,12-13H2,1-2H3. The molecule has 30 heavy (non-hydrogen) atoms. The molecule has 1 aliphatic heterocycles. The van der Waals surface area contributed by atoms with E-state index in [0.29, 0.717) is 28.3 Å². The van der Waals surface area contributed by atoms with Gasteiger partial charge in [-0.2, -0.15) is 0 Å². The fourth-order valence-electron chi connectivity index (χ4n) is 3.75. The van der Waals surface area contributed by atoms with Gasteiger partial charge in [-0.25, -0.2) is 0 Å². The average molecular weight is 403 g/mol. The lowest BCUT2D eigenvalue weighted by atomic mass is 10.1. The van der Waals surface area contributed by atoms with E-state index in [1.54, 1.807) is 43.5 Å². The number of carbonyl (C=O) groups excluding carboxylic acids is 1. The number of anilines is 1.